The molecule has 1 heterocycles. The van der Waals surface area contributed by atoms with Gasteiger partial charge in [0.1, 0.15) is 5.76 Å². The number of carbonyl (C=O) groups is 2. The van der Waals surface area contributed by atoms with Crippen molar-refractivity contribution in [3.05, 3.63) is 138 Å². The van der Waals surface area contributed by atoms with Crippen LogP contribution in [0.4, 0.5) is 11.6 Å². The third-order valence-corrected chi connectivity index (χ3v) is 9.60. The lowest BCUT2D eigenvalue weighted by molar-refractivity contribution is -0.119. The molecule has 2 atom stereocenters. The van der Waals surface area contributed by atoms with Crippen molar-refractivity contribution in [1.82, 2.24) is 5.32 Å². The summed E-state index contributed by atoms with van der Waals surface area (Å²) in [6.45, 7) is 1.19. The highest BCUT2D eigenvalue weighted by Gasteiger charge is 2.31. The lowest BCUT2D eigenvalue weighted by atomic mass is 9.87. The minimum absolute atomic E-state index is 0.181. The molecule has 240 valence electrons. The highest BCUT2D eigenvalue weighted by molar-refractivity contribution is 7.86. The Morgan fingerprint density at radius 1 is 0.851 bits per heavy atom. The van der Waals surface area contributed by atoms with E-state index in [0.717, 1.165) is 35.1 Å². The molecular formula is C38H36N2O6S. The summed E-state index contributed by atoms with van der Waals surface area (Å²) >= 11 is 0. The van der Waals surface area contributed by atoms with Crippen molar-refractivity contribution in [2.45, 2.75) is 50.3 Å². The van der Waals surface area contributed by atoms with Crippen molar-refractivity contribution in [3.63, 3.8) is 0 Å². The fraction of sp³-hybridized carbons (Fsp3) is 0.211. The molecule has 0 radical (unpaired) electrons. The fourth-order valence-electron chi connectivity index (χ4n) is 5.92. The normalized spacial score (nSPS) is 14.6. The van der Waals surface area contributed by atoms with E-state index in [9.17, 15) is 22.6 Å². The summed E-state index contributed by atoms with van der Waals surface area (Å²) in [6.07, 6.45) is 7.11. The number of hydrogen-bond donors (Lipinski definition) is 2. The first-order valence-corrected chi connectivity index (χ1v) is 17.2. The van der Waals surface area contributed by atoms with E-state index in [1.54, 1.807) is 29.2 Å². The summed E-state index contributed by atoms with van der Waals surface area (Å²) in [5.41, 5.74) is 5.97. The molecule has 0 spiro atoms. The molecule has 0 saturated carbocycles. The van der Waals surface area contributed by atoms with Crippen LogP contribution in [-0.2, 0) is 21.3 Å². The fourth-order valence-corrected chi connectivity index (χ4v) is 6.18. The second-order valence-electron chi connectivity index (χ2n) is 11.8. The zero-order chi connectivity index (χ0) is 33.0. The monoisotopic (exact) mass is 648 g/mol. The maximum absolute atomic E-state index is 14.8. The molecule has 3 aromatic rings. The van der Waals surface area contributed by atoms with Crippen molar-refractivity contribution in [3.8, 4) is 11.3 Å². The molecule has 3 aromatic carbocycles. The highest BCUT2D eigenvalue weighted by atomic mass is 32.2. The lowest BCUT2D eigenvalue weighted by Crippen LogP contribution is -2.38. The molecule has 6 rings (SSSR count). The third kappa shape index (κ3) is 7.37. The van der Waals surface area contributed by atoms with E-state index in [1.807, 2.05) is 72.8 Å². The highest BCUT2D eigenvalue weighted by Crippen LogP contribution is 2.36. The van der Waals surface area contributed by atoms with Gasteiger partial charge in [-0.2, -0.15) is 8.42 Å². The number of hydrogen-bond acceptors (Lipinski definition) is 5. The molecule has 47 heavy (non-hydrogen) atoms. The zero-order valence-electron chi connectivity index (χ0n) is 26.0. The van der Waals surface area contributed by atoms with Gasteiger partial charge in [0.2, 0.25) is 11.8 Å². The van der Waals surface area contributed by atoms with Crippen LogP contribution in [0.15, 0.2) is 120 Å². The van der Waals surface area contributed by atoms with E-state index in [4.69, 9.17) is 4.42 Å². The summed E-state index contributed by atoms with van der Waals surface area (Å²) in [7, 11) is -4.43. The van der Waals surface area contributed by atoms with E-state index in [0.29, 0.717) is 23.8 Å². The van der Waals surface area contributed by atoms with Crippen molar-refractivity contribution in [2.24, 2.45) is 0 Å². The van der Waals surface area contributed by atoms with Gasteiger partial charge < -0.3 is 9.73 Å². The molecule has 0 aromatic heterocycles. The van der Waals surface area contributed by atoms with E-state index < -0.39 is 27.3 Å². The Balaban J connectivity index is 1.36. The number of nitrogens with one attached hydrogen (secondary N) is 1. The first kappa shape index (κ1) is 32.0. The predicted molar refractivity (Wildman–Crippen MR) is 183 cm³/mol. The maximum Gasteiger partial charge on any atom is 0.285 e. The second kappa shape index (κ2) is 13.8. The molecule has 0 fully saturated rings. The number of para-hydroxylation sites is 1. The van der Waals surface area contributed by atoms with Gasteiger partial charge in [0.05, 0.1) is 11.6 Å². The molecule has 2 aliphatic carbocycles. The molecule has 8 nitrogen and oxygen atoms in total. The number of allylic oxidation sites excluding steroid dienone is 2. The minimum atomic E-state index is -4.43. The van der Waals surface area contributed by atoms with Gasteiger partial charge in [0.25, 0.3) is 16.0 Å². The Morgan fingerprint density at radius 2 is 1.57 bits per heavy atom. The Kier molecular flexibility index (Phi) is 9.38. The molecule has 0 saturated heterocycles. The van der Waals surface area contributed by atoms with Crippen molar-refractivity contribution in [1.29, 1.82) is 0 Å². The number of nitrogens with zero attached hydrogens (tertiary/aromatic N) is 1. The average Bonchev–Trinajstić information content (AvgIpc) is 3.56. The Hall–Kier alpha value is -4.99. The van der Waals surface area contributed by atoms with Gasteiger partial charge in [0, 0.05) is 17.2 Å². The van der Waals surface area contributed by atoms with Gasteiger partial charge >= 0.3 is 0 Å². The van der Waals surface area contributed by atoms with Gasteiger partial charge in [-0.05, 0) is 97.7 Å². The molecule has 1 aliphatic heterocycles. The van der Waals surface area contributed by atoms with Crippen molar-refractivity contribution in [2.75, 3.05) is 4.90 Å². The molecule has 0 bridgehead atoms. The standard InChI is InChI=1S/C38H36N2O6S/c1-26(47(43,44)45)39-37(41)32-17-15-27(16-18-32)25-34(30-21-19-29(20-22-30)28-9-4-2-5-10-28)38(42)40(33-12-6-3-7-13-33)36-24-23-31-11-8-14-35(31)46-36/h3,6-9,11-24,26,34H,2,4-5,10,25H2,1H3,(H,39,41)(H,43,44,45). The molecule has 2 N–H and O–H groups in total. The SMILES string of the molecule is CC(NC(=O)c1ccc(CC(C(=O)N(c2ccccc2)c2ccc3cccc-3o2)c2ccc(C3=CCCCC3)cc2)cc1)S(=O)(=O)O. The minimum Gasteiger partial charge on any atom is -0.440 e. The number of anilines is 2. The van der Waals surface area contributed by atoms with E-state index in [-0.39, 0.29) is 11.5 Å². The molecular weight excluding hydrogens is 612 g/mol. The second-order valence-corrected chi connectivity index (χ2v) is 13.5. The summed E-state index contributed by atoms with van der Waals surface area (Å²) < 4.78 is 38.3. The van der Waals surface area contributed by atoms with Crippen LogP contribution in [0, 0.1) is 0 Å². The van der Waals surface area contributed by atoms with Crippen LogP contribution >= 0.6 is 0 Å². The summed E-state index contributed by atoms with van der Waals surface area (Å²) in [5, 5.41) is 0.829. The van der Waals surface area contributed by atoms with E-state index in [2.05, 4.69) is 23.5 Å². The van der Waals surface area contributed by atoms with Gasteiger partial charge in [-0.3, -0.25) is 19.0 Å². The van der Waals surface area contributed by atoms with Gasteiger partial charge in [-0.15, -0.1) is 0 Å². The third-order valence-electron chi connectivity index (χ3n) is 8.59. The van der Waals surface area contributed by atoms with Crippen LogP contribution in [0.2, 0.25) is 0 Å². The van der Waals surface area contributed by atoms with E-state index >= 15 is 0 Å². The van der Waals surface area contributed by atoms with Crippen molar-refractivity contribution >= 4 is 39.1 Å². The smallest absolute Gasteiger partial charge is 0.285 e. The molecule has 9 heteroatoms. The van der Waals surface area contributed by atoms with Gasteiger partial charge in [-0.25, -0.2) is 0 Å². The van der Waals surface area contributed by atoms with Crippen LogP contribution < -0.4 is 10.2 Å². The number of rotatable bonds is 10. The molecule has 3 aliphatic rings. The Labute approximate surface area is 274 Å². The van der Waals surface area contributed by atoms with Crippen LogP contribution in [0.25, 0.3) is 16.9 Å². The van der Waals surface area contributed by atoms with Crippen LogP contribution in [0.3, 0.4) is 0 Å². The lowest BCUT2D eigenvalue weighted by Gasteiger charge is -2.27. The Bertz CT molecular complexity index is 1960. The van der Waals surface area contributed by atoms with Crippen LogP contribution in [0.5, 0.6) is 0 Å². The predicted octanol–water partition coefficient (Wildman–Crippen LogP) is 8.00. The summed E-state index contributed by atoms with van der Waals surface area (Å²) in [6, 6.07) is 33.8. The van der Waals surface area contributed by atoms with Gasteiger partial charge in [0.15, 0.2) is 5.37 Å². The van der Waals surface area contributed by atoms with Crippen molar-refractivity contribution < 1.29 is 27.0 Å². The number of carbonyl (C=O) groups excluding carboxylic acids is 2. The van der Waals surface area contributed by atoms with Crippen LogP contribution in [0.1, 0.15) is 65.6 Å². The van der Waals surface area contributed by atoms with Gasteiger partial charge in [-0.1, -0.05) is 72.8 Å². The maximum atomic E-state index is 14.8. The summed E-state index contributed by atoms with van der Waals surface area (Å²) in [5.74, 6) is -0.362. The average molecular weight is 649 g/mol. The number of benzene rings is 3. The summed E-state index contributed by atoms with van der Waals surface area (Å²) in [4.78, 5) is 29.1. The molecule has 2 unspecified atom stereocenters. The Morgan fingerprint density at radius 3 is 2.26 bits per heavy atom. The largest absolute Gasteiger partial charge is 0.440 e. The first-order valence-electron chi connectivity index (χ1n) is 15.7. The topological polar surface area (TPSA) is 117 Å². The molecule has 2 amide bonds. The quantitative estimate of drug-likeness (QED) is 0.148. The van der Waals surface area contributed by atoms with Crippen LogP contribution in [-0.4, -0.2) is 30.2 Å². The zero-order valence-corrected chi connectivity index (χ0v) is 26.8. The number of amides is 2. The first-order chi connectivity index (χ1) is 22.7. The number of fused-ring (bicyclic) bond motifs is 1. The van der Waals surface area contributed by atoms with E-state index in [1.165, 1.54) is 25.3 Å².